The summed E-state index contributed by atoms with van der Waals surface area (Å²) in [6, 6.07) is 3.55. The molecule has 1 aromatic carbocycles. The van der Waals surface area contributed by atoms with Gasteiger partial charge in [0.25, 0.3) is 0 Å². The van der Waals surface area contributed by atoms with Crippen LogP contribution in [0.2, 0.25) is 0 Å². The highest BCUT2D eigenvalue weighted by Crippen LogP contribution is 2.34. The van der Waals surface area contributed by atoms with Gasteiger partial charge in [0.1, 0.15) is 18.5 Å². The van der Waals surface area contributed by atoms with Gasteiger partial charge >= 0.3 is 0 Å². The summed E-state index contributed by atoms with van der Waals surface area (Å²) in [5.74, 6) is 0.600. The summed E-state index contributed by atoms with van der Waals surface area (Å²) < 4.78 is 12.1. The Morgan fingerprint density at radius 3 is 2.33 bits per heavy atom. The van der Waals surface area contributed by atoms with Crippen molar-refractivity contribution in [1.29, 1.82) is 0 Å². The minimum absolute atomic E-state index is 0.0373. The van der Waals surface area contributed by atoms with Gasteiger partial charge in [-0.1, -0.05) is 0 Å². The summed E-state index contributed by atoms with van der Waals surface area (Å²) in [5, 5.41) is 18.7. The lowest BCUT2D eigenvalue weighted by Gasteiger charge is -2.15. The Morgan fingerprint density at radius 1 is 1.22 bits per heavy atom. The van der Waals surface area contributed by atoms with Crippen LogP contribution in [-0.4, -0.2) is 36.1 Å². The van der Waals surface area contributed by atoms with Crippen molar-refractivity contribution < 1.29 is 19.7 Å². The van der Waals surface area contributed by atoms with Gasteiger partial charge < -0.3 is 19.7 Å². The zero-order chi connectivity index (χ0) is 13.5. The van der Waals surface area contributed by atoms with Crippen LogP contribution in [-0.2, 0) is 11.3 Å². The third-order valence-electron chi connectivity index (χ3n) is 2.18. The van der Waals surface area contributed by atoms with Crippen molar-refractivity contribution in [2.75, 3.05) is 19.8 Å². The van der Waals surface area contributed by atoms with Crippen LogP contribution in [0.1, 0.15) is 12.5 Å². The molecule has 0 saturated heterocycles. The van der Waals surface area contributed by atoms with Crippen LogP contribution < -0.4 is 4.74 Å². The first-order valence-corrected chi connectivity index (χ1v) is 7.14. The number of aliphatic hydroxyl groups is 2. The maximum absolute atomic E-state index is 9.60. The van der Waals surface area contributed by atoms with Gasteiger partial charge in [-0.25, -0.2) is 0 Å². The summed E-state index contributed by atoms with van der Waals surface area (Å²) in [7, 11) is 0. The Kier molecular flexibility index (Phi) is 7.18. The number of halogens is 2. The normalized spacial score (nSPS) is 12.5. The summed E-state index contributed by atoms with van der Waals surface area (Å²) in [5.41, 5.74) is 0.774. The van der Waals surface area contributed by atoms with Crippen LogP contribution in [0.3, 0.4) is 0 Å². The van der Waals surface area contributed by atoms with E-state index >= 15 is 0 Å². The molecule has 0 aliphatic carbocycles. The molecule has 0 radical (unpaired) electrons. The van der Waals surface area contributed by atoms with Gasteiger partial charge in [-0.3, -0.25) is 0 Å². The van der Waals surface area contributed by atoms with Gasteiger partial charge in [0.2, 0.25) is 0 Å². The average molecular weight is 384 g/mol. The maximum atomic E-state index is 9.60. The molecule has 0 bridgehead atoms. The van der Waals surface area contributed by atoms with E-state index in [4.69, 9.17) is 14.6 Å². The largest absolute Gasteiger partial charge is 0.488 e. The van der Waals surface area contributed by atoms with E-state index in [1.54, 1.807) is 12.1 Å². The molecule has 6 heteroatoms. The third-order valence-corrected chi connectivity index (χ3v) is 3.35. The maximum Gasteiger partial charge on any atom is 0.147 e. The highest BCUT2D eigenvalue weighted by atomic mass is 79.9. The van der Waals surface area contributed by atoms with Crippen molar-refractivity contribution >= 4 is 31.9 Å². The predicted octanol–water partition coefficient (Wildman–Crippen LogP) is 2.48. The number of benzene rings is 1. The van der Waals surface area contributed by atoms with E-state index in [1.165, 1.54) is 0 Å². The number of hydrogen-bond donors (Lipinski definition) is 2. The van der Waals surface area contributed by atoms with Crippen LogP contribution in [0.15, 0.2) is 21.1 Å². The minimum atomic E-state index is -0.665. The molecule has 0 aromatic heterocycles. The Bertz CT molecular complexity index is 361. The topological polar surface area (TPSA) is 58.9 Å². The third kappa shape index (κ3) is 4.85. The molecular weight excluding hydrogens is 368 g/mol. The van der Waals surface area contributed by atoms with Gasteiger partial charge in [-0.2, -0.15) is 0 Å². The molecule has 0 amide bonds. The fourth-order valence-corrected chi connectivity index (χ4v) is 2.83. The lowest BCUT2D eigenvalue weighted by Crippen LogP contribution is -2.23. The van der Waals surface area contributed by atoms with E-state index in [0.29, 0.717) is 12.4 Å². The average Bonchev–Trinajstić information content (AvgIpc) is 2.34. The van der Waals surface area contributed by atoms with Gasteiger partial charge in [-0.05, 0) is 56.5 Å². The fraction of sp³-hybridized carbons (Fsp3) is 0.500. The highest BCUT2D eigenvalue weighted by molar-refractivity contribution is 9.11. The first-order valence-electron chi connectivity index (χ1n) is 5.55. The lowest BCUT2D eigenvalue weighted by molar-refractivity contribution is 0.0161. The van der Waals surface area contributed by atoms with E-state index < -0.39 is 6.10 Å². The molecule has 0 aliphatic heterocycles. The number of rotatable bonds is 7. The van der Waals surface area contributed by atoms with Gasteiger partial charge in [0, 0.05) is 6.61 Å². The van der Waals surface area contributed by atoms with Crippen molar-refractivity contribution in [3.05, 3.63) is 26.6 Å². The van der Waals surface area contributed by atoms with Crippen molar-refractivity contribution in [3.8, 4) is 5.75 Å². The molecular formula is C12H16Br2O4. The lowest BCUT2D eigenvalue weighted by atomic mass is 10.2. The molecule has 0 fully saturated rings. The first-order chi connectivity index (χ1) is 8.58. The van der Waals surface area contributed by atoms with Crippen LogP contribution in [0.4, 0.5) is 0 Å². The SMILES string of the molecule is CCOCC(O)COc1c(Br)cc(CO)cc1Br. The smallest absolute Gasteiger partial charge is 0.147 e. The number of hydrogen-bond acceptors (Lipinski definition) is 4. The molecule has 0 aliphatic rings. The van der Waals surface area contributed by atoms with Crippen molar-refractivity contribution in [2.24, 2.45) is 0 Å². The Morgan fingerprint density at radius 2 is 1.83 bits per heavy atom. The summed E-state index contributed by atoms with van der Waals surface area (Å²) in [6.45, 7) is 2.80. The minimum Gasteiger partial charge on any atom is -0.488 e. The molecule has 0 saturated carbocycles. The number of ether oxygens (including phenoxy) is 2. The molecule has 1 aromatic rings. The van der Waals surface area contributed by atoms with Gasteiger partial charge in [-0.15, -0.1) is 0 Å². The van der Waals surface area contributed by atoms with E-state index in [9.17, 15) is 5.11 Å². The summed E-state index contributed by atoms with van der Waals surface area (Å²) in [4.78, 5) is 0. The second-order valence-electron chi connectivity index (χ2n) is 3.67. The Balaban J connectivity index is 2.62. The van der Waals surface area contributed by atoms with Crippen LogP contribution >= 0.6 is 31.9 Å². The fourth-order valence-electron chi connectivity index (χ4n) is 1.32. The van der Waals surface area contributed by atoms with E-state index in [-0.39, 0.29) is 19.8 Å². The van der Waals surface area contributed by atoms with E-state index in [2.05, 4.69) is 31.9 Å². The summed E-state index contributed by atoms with van der Waals surface area (Å²) >= 11 is 6.73. The van der Waals surface area contributed by atoms with Crippen LogP contribution in [0.25, 0.3) is 0 Å². The van der Waals surface area contributed by atoms with Crippen molar-refractivity contribution in [1.82, 2.24) is 0 Å². The Hall–Kier alpha value is -0.140. The van der Waals surface area contributed by atoms with E-state index in [0.717, 1.165) is 14.5 Å². The monoisotopic (exact) mass is 382 g/mol. The molecule has 102 valence electrons. The molecule has 1 rings (SSSR count). The van der Waals surface area contributed by atoms with Crippen molar-refractivity contribution in [2.45, 2.75) is 19.6 Å². The van der Waals surface area contributed by atoms with Gasteiger partial charge in [0.05, 0.1) is 22.2 Å². The second-order valence-corrected chi connectivity index (χ2v) is 5.38. The molecule has 1 atom stereocenters. The highest BCUT2D eigenvalue weighted by Gasteiger charge is 2.11. The zero-order valence-corrected chi connectivity index (χ0v) is 13.2. The molecule has 2 N–H and O–H groups in total. The Labute approximate surface area is 123 Å². The second kappa shape index (κ2) is 8.12. The summed E-state index contributed by atoms with van der Waals surface area (Å²) in [6.07, 6.45) is -0.665. The molecule has 18 heavy (non-hydrogen) atoms. The van der Waals surface area contributed by atoms with Gasteiger partial charge in [0.15, 0.2) is 0 Å². The molecule has 4 nitrogen and oxygen atoms in total. The number of aliphatic hydroxyl groups excluding tert-OH is 2. The quantitative estimate of drug-likeness (QED) is 0.759. The van der Waals surface area contributed by atoms with Crippen LogP contribution in [0, 0.1) is 0 Å². The molecule has 1 unspecified atom stereocenters. The molecule has 0 heterocycles. The zero-order valence-electron chi connectivity index (χ0n) is 10.0. The predicted molar refractivity (Wildman–Crippen MR) is 75.8 cm³/mol. The van der Waals surface area contributed by atoms with Crippen molar-refractivity contribution in [3.63, 3.8) is 0 Å². The van der Waals surface area contributed by atoms with Crippen LogP contribution in [0.5, 0.6) is 5.75 Å². The van der Waals surface area contributed by atoms with E-state index in [1.807, 2.05) is 6.92 Å². The molecule has 0 spiro atoms. The standard InChI is InChI=1S/C12H16Br2O4/c1-2-17-6-9(16)7-18-12-10(13)3-8(5-15)4-11(12)14/h3-4,9,15-16H,2,5-7H2,1H3. The first kappa shape index (κ1) is 15.9.